The summed E-state index contributed by atoms with van der Waals surface area (Å²) in [4.78, 5) is 8.76. The molecule has 0 amide bonds. The number of thiophene rings is 3. The fourth-order valence-corrected chi connectivity index (χ4v) is 15.0. The van der Waals surface area contributed by atoms with Crippen molar-refractivity contribution >= 4 is 97.0 Å². The molecule has 632 valence electrons. The molecule has 1 unspecified atom stereocenters. The van der Waals surface area contributed by atoms with Crippen LogP contribution in [0, 0.1) is 11.8 Å². The summed E-state index contributed by atoms with van der Waals surface area (Å²) >= 11 is 5.56. The molecule has 1 N–H and O–H groups in total. The van der Waals surface area contributed by atoms with Gasteiger partial charge in [-0.3, -0.25) is 0 Å². The molecule has 9 aromatic carbocycles. The van der Waals surface area contributed by atoms with Crippen LogP contribution < -0.4 is 9.47 Å². The van der Waals surface area contributed by atoms with Gasteiger partial charge in [0.25, 0.3) is 0 Å². The van der Waals surface area contributed by atoms with Crippen molar-refractivity contribution in [3.05, 3.63) is 291 Å². The number of oxazole rings is 1. The second-order valence-electron chi connectivity index (χ2n) is 28.9. The molecule has 0 radical (unpaired) electrons. The van der Waals surface area contributed by atoms with Gasteiger partial charge in [-0.25, -0.2) is 4.98 Å². The van der Waals surface area contributed by atoms with E-state index in [-0.39, 0.29) is 0 Å². The number of H-pyrrole nitrogens is 1. The Labute approximate surface area is 719 Å². The minimum absolute atomic E-state index is 0.547. The summed E-state index contributed by atoms with van der Waals surface area (Å²) in [6.45, 7) is 73.1. The Morgan fingerprint density at radius 1 is 0.397 bits per heavy atom. The molecular weight excluding hydrogens is 1470 g/mol. The molecule has 0 bridgehead atoms. The summed E-state index contributed by atoms with van der Waals surface area (Å²) in [6, 6.07) is 73.1. The zero-order valence-electron chi connectivity index (χ0n) is 78.1. The Morgan fingerprint density at radius 2 is 0.905 bits per heavy atom. The lowest BCUT2D eigenvalue weighted by molar-refractivity contribution is 0.185. The maximum atomic E-state index is 5.70. The van der Waals surface area contributed by atoms with E-state index in [4.69, 9.17) is 13.9 Å². The quantitative estimate of drug-likeness (QED) is 0.154. The Kier molecular flexibility index (Phi) is 54.6. The second kappa shape index (κ2) is 60.0. The number of benzene rings is 9. The number of aromatic amines is 1. The number of nitrogens with one attached hydrogen (secondary N) is 1. The molecule has 0 saturated heterocycles. The fourth-order valence-electron chi connectivity index (χ4n) is 12.0. The summed E-state index contributed by atoms with van der Waals surface area (Å²) in [7, 11) is 0. The molecule has 0 fully saturated rings. The fraction of sp³-hybridized carbons (Fsp3) is 0.417. The van der Waals surface area contributed by atoms with Crippen LogP contribution in [0.25, 0.3) is 63.0 Å². The average molecular weight is 1620 g/mol. The first-order chi connectivity index (χ1) is 56.1. The van der Waals surface area contributed by atoms with Crippen LogP contribution in [0.1, 0.15) is 312 Å². The molecule has 2 aliphatic rings. The van der Waals surface area contributed by atoms with Crippen LogP contribution in [0.5, 0.6) is 11.5 Å². The maximum absolute atomic E-state index is 5.70. The van der Waals surface area contributed by atoms with Crippen LogP contribution in [0.15, 0.2) is 246 Å². The van der Waals surface area contributed by atoms with E-state index in [1.807, 2.05) is 163 Å². The summed E-state index contributed by atoms with van der Waals surface area (Å²) < 4.78 is 20.6. The predicted molar refractivity (Wildman–Crippen MR) is 530 cm³/mol. The first-order valence-electron chi connectivity index (χ1n) is 44.0. The van der Waals surface area contributed by atoms with Crippen LogP contribution in [-0.4, -0.2) is 23.2 Å². The van der Waals surface area contributed by atoms with Crippen molar-refractivity contribution in [2.24, 2.45) is 11.8 Å². The molecule has 14 aromatic rings. The lowest BCUT2D eigenvalue weighted by Crippen LogP contribution is -2.24. The number of rotatable bonds is 8. The highest BCUT2D eigenvalue weighted by atomic mass is 32.1. The molecule has 5 nitrogen and oxygen atoms in total. The minimum atomic E-state index is 0.547. The highest BCUT2D eigenvalue weighted by Crippen LogP contribution is 2.35. The van der Waals surface area contributed by atoms with Gasteiger partial charge in [0.1, 0.15) is 23.6 Å². The van der Waals surface area contributed by atoms with E-state index in [2.05, 4.69) is 332 Å². The van der Waals surface area contributed by atoms with Crippen LogP contribution >= 0.6 is 34.0 Å². The average Bonchev–Trinajstić information content (AvgIpc) is 1.80. The van der Waals surface area contributed by atoms with E-state index < -0.39 is 0 Å². The molecule has 0 aliphatic carbocycles. The Bertz CT molecular complexity index is 4590. The summed E-state index contributed by atoms with van der Waals surface area (Å²) in [5.41, 5.74) is 15.3. The third kappa shape index (κ3) is 34.6. The highest BCUT2D eigenvalue weighted by Gasteiger charge is 2.22. The van der Waals surface area contributed by atoms with Gasteiger partial charge in [-0.1, -0.05) is 362 Å². The van der Waals surface area contributed by atoms with Crippen molar-refractivity contribution in [1.82, 2.24) is 9.97 Å². The number of para-hydroxylation sites is 1. The molecule has 7 heterocycles. The van der Waals surface area contributed by atoms with Gasteiger partial charge in [0.15, 0.2) is 12.0 Å². The van der Waals surface area contributed by atoms with Crippen molar-refractivity contribution in [1.29, 1.82) is 0 Å². The van der Waals surface area contributed by atoms with Crippen molar-refractivity contribution in [3.63, 3.8) is 0 Å². The number of ether oxygens (including phenoxy) is 2. The summed E-state index contributed by atoms with van der Waals surface area (Å²) in [5, 5.41) is 12.6. The second-order valence-corrected chi connectivity index (χ2v) is 31.8. The predicted octanol–water partition coefficient (Wildman–Crippen LogP) is 36.7. The van der Waals surface area contributed by atoms with Gasteiger partial charge in [-0.15, -0.1) is 34.0 Å². The van der Waals surface area contributed by atoms with E-state index in [1.165, 1.54) is 120 Å². The number of fused-ring (bicyclic) bond motifs is 8. The van der Waals surface area contributed by atoms with Crippen LogP contribution in [0.4, 0.5) is 0 Å². The monoisotopic (exact) mass is 1620 g/mol. The Hall–Kier alpha value is -8.53. The highest BCUT2D eigenvalue weighted by molar-refractivity contribution is 7.19. The zero-order valence-corrected chi connectivity index (χ0v) is 80.5. The van der Waals surface area contributed by atoms with Crippen molar-refractivity contribution in [2.45, 2.75) is 276 Å². The van der Waals surface area contributed by atoms with Gasteiger partial charge >= 0.3 is 0 Å². The zero-order chi connectivity index (χ0) is 87.4. The molecule has 2 aliphatic heterocycles. The SMILES string of the molecule is C=C1COc2ccc(C(C)C)cc2C1.CC.CC.CC.CC.CC.CC.CC.CC.CC(C)C1COc2ccccc2C1.CC(C)c1cc2ccccc2s1.CC(C)c1ccc2[nH]ccc2c1.CC(C)c1ccc2ocnc2c1.CC(C)c1ccc2sccc2c1.CC(C)c1cccc2ccccc12.CC(C)c1csc2ccccc12. The van der Waals surface area contributed by atoms with Crippen molar-refractivity contribution in [2.75, 3.05) is 13.2 Å². The molecular formula is C108H154N2O3S3. The summed E-state index contributed by atoms with van der Waals surface area (Å²) in [6.07, 6.45) is 5.60. The van der Waals surface area contributed by atoms with Crippen LogP contribution in [0.3, 0.4) is 0 Å². The van der Waals surface area contributed by atoms with E-state index in [9.17, 15) is 0 Å². The van der Waals surface area contributed by atoms with E-state index in [1.54, 1.807) is 0 Å². The van der Waals surface area contributed by atoms with Gasteiger partial charge in [-0.2, -0.15) is 0 Å². The van der Waals surface area contributed by atoms with Crippen molar-refractivity contribution < 1.29 is 13.9 Å². The minimum Gasteiger partial charge on any atom is -0.493 e. The van der Waals surface area contributed by atoms with Gasteiger partial charge in [0.2, 0.25) is 0 Å². The van der Waals surface area contributed by atoms with Gasteiger partial charge in [-0.05, 0) is 226 Å². The summed E-state index contributed by atoms with van der Waals surface area (Å²) in [5.74, 6) is 7.79. The molecule has 5 aromatic heterocycles. The van der Waals surface area contributed by atoms with Gasteiger partial charge in [0, 0.05) is 37.1 Å². The van der Waals surface area contributed by atoms with E-state index >= 15 is 0 Å². The van der Waals surface area contributed by atoms with Gasteiger partial charge in [0.05, 0.1) is 6.61 Å². The van der Waals surface area contributed by atoms with Gasteiger partial charge < -0.3 is 18.9 Å². The lowest BCUT2D eigenvalue weighted by atomic mass is 9.88. The molecule has 16 rings (SSSR count). The third-order valence-electron chi connectivity index (χ3n) is 18.5. The normalized spacial score (nSPS) is 11.7. The third-order valence-corrected chi connectivity index (χ3v) is 21.8. The number of hydrogen-bond donors (Lipinski definition) is 1. The maximum Gasteiger partial charge on any atom is 0.181 e. The topological polar surface area (TPSA) is 60.3 Å². The smallest absolute Gasteiger partial charge is 0.181 e. The molecule has 1 atom stereocenters. The number of nitrogens with zero attached hydrogens (tertiary/aromatic N) is 1. The largest absolute Gasteiger partial charge is 0.493 e. The molecule has 0 spiro atoms. The van der Waals surface area contributed by atoms with Crippen molar-refractivity contribution in [3.8, 4) is 11.5 Å². The van der Waals surface area contributed by atoms with Crippen LogP contribution in [-0.2, 0) is 12.8 Å². The molecule has 116 heavy (non-hydrogen) atoms. The van der Waals surface area contributed by atoms with Crippen LogP contribution in [0.2, 0.25) is 0 Å². The number of hydrogen-bond acceptors (Lipinski definition) is 7. The molecule has 8 heteroatoms. The van der Waals surface area contributed by atoms with E-state index in [0.29, 0.717) is 59.9 Å². The Morgan fingerprint density at radius 3 is 1.51 bits per heavy atom. The standard InChI is InChI=1S/C13H16O.C13H14.C12H16O.C11H13N.3C11H12S.C10H11NO.8C2H6/c1-9(2)11-4-5-13-12(7-11)6-10(3)8-14-13;1-10(2)12-9-5-7-11-6-3-4-8-13(11)12;1-9(2)11-7-10-5-3-4-6-12(10)13-8-11;2*1-8(2)9-3-4-11-10(7-9)5-6-12-11;1-8(2)10-7-12-11-6-4-3-5-9(10)11;1-8(2)11-7-9-5-3-4-6-10(9)12-11;1-7(2)8-3-4-10-9(5-8)11-6-12-10;8*1-2/h4-5,7,9H,3,6,8H2,1-2H3;3-10H,1-2H3;3-6,9,11H,7-8H2,1-2H3;3-8,12H,1-2H3;3*3-8H,1-2H3;3-7H,1-2H3;8*1-2H3. The Balaban J connectivity index is 0.000000646. The van der Waals surface area contributed by atoms with E-state index in [0.717, 1.165) is 35.6 Å². The first-order valence-corrected chi connectivity index (χ1v) is 46.6. The first kappa shape index (κ1) is 105. The molecule has 0 saturated carbocycles. The number of aromatic nitrogens is 2. The lowest BCUT2D eigenvalue weighted by Gasteiger charge is -2.27.